The maximum Gasteiger partial charge on any atom is 0.212 e. The van der Waals surface area contributed by atoms with Gasteiger partial charge in [-0.05, 0) is 23.3 Å². The van der Waals surface area contributed by atoms with Crippen LogP contribution in [0.25, 0.3) is 0 Å². The number of fused-ring (bicyclic) bond motifs is 1. The number of nitriles is 1. The molecule has 0 heterocycles. The number of nitrogens with zero attached hydrogens (tertiary/aromatic N) is 2. The van der Waals surface area contributed by atoms with E-state index < -0.39 is 34.4 Å². The standard InChI is InChI=1S/C18H13FN2O3/c19-14-7-5-12(6-8-14)16(10-21(23)24)18(11-20)9-13-3-1-2-4-15(13)17(18)22/h1-8,16H,9-10H2/t16-,18-/m0/s1. The van der Waals surface area contributed by atoms with Crippen LogP contribution >= 0.6 is 0 Å². The summed E-state index contributed by atoms with van der Waals surface area (Å²) in [7, 11) is 0. The number of benzene rings is 2. The van der Waals surface area contributed by atoms with Gasteiger partial charge in [-0.25, -0.2) is 4.39 Å². The summed E-state index contributed by atoms with van der Waals surface area (Å²) in [6.07, 6.45) is 0.119. The smallest absolute Gasteiger partial charge is 0.212 e. The molecule has 0 amide bonds. The van der Waals surface area contributed by atoms with Crippen LogP contribution in [0.2, 0.25) is 0 Å². The quantitative estimate of drug-likeness (QED) is 0.639. The van der Waals surface area contributed by atoms with E-state index in [0.29, 0.717) is 16.7 Å². The molecule has 120 valence electrons. The molecule has 6 heteroatoms. The van der Waals surface area contributed by atoms with Gasteiger partial charge >= 0.3 is 0 Å². The zero-order valence-electron chi connectivity index (χ0n) is 12.6. The van der Waals surface area contributed by atoms with Crippen molar-refractivity contribution in [1.29, 1.82) is 5.26 Å². The second-order valence-corrected chi connectivity index (χ2v) is 5.87. The maximum absolute atomic E-state index is 13.2. The van der Waals surface area contributed by atoms with Gasteiger partial charge in [0.1, 0.15) is 11.2 Å². The molecule has 0 fully saturated rings. The minimum absolute atomic E-state index is 0.119. The molecule has 0 aromatic heterocycles. The fraction of sp³-hybridized carbons (Fsp3) is 0.222. The third kappa shape index (κ3) is 2.44. The van der Waals surface area contributed by atoms with Gasteiger partial charge in [-0.1, -0.05) is 36.4 Å². The van der Waals surface area contributed by atoms with Gasteiger partial charge in [0.15, 0.2) is 5.78 Å². The fourth-order valence-corrected chi connectivity index (χ4v) is 3.36. The van der Waals surface area contributed by atoms with Crippen molar-refractivity contribution >= 4 is 5.78 Å². The number of hydrogen-bond donors (Lipinski definition) is 0. The Balaban J connectivity index is 2.12. The van der Waals surface area contributed by atoms with Gasteiger partial charge in [-0.15, -0.1) is 0 Å². The fourth-order valence-electron chi connectivity index (χ4n) is 3.36. The molecule has 0 aliphatic heterocycles. The number of carbonyl (C=O) groups excluding carboxylic acids is 1. The number of ketones is 1. The largest absolute Gasteiger partial charge is 0.292 e. The Bertz CT molecular complexity index is 857. The second-order valence-electron chi connectivity index (χ2n) is 5.87. The first-order chi connectivity index (χ1) is 11.5. The highest BCUT2D eigenvalue weighted by atomic mass is 19.1. The Labute approximate surface area is 137 Å². The summed E-state index contributed by atoms with van der Waals surface area (Å²) in [5.74, 6) is -1.83. The summed E-state index contributed by atoms with van der Waals surface area (Å²) in [6, 6.07) is 14.1. The van der Waals surface area contributed by atoms with E-state index in [4.69, 9.17) is 0 Å². The predicted octanol–water partition coefficient (Wildman–Crippen LogP) is 3.13. The van der Waals surface area contributed by atoms with Crippen molar-refractivity contribution in [2.24, 2.45) is 5.41 Å². The number of halogens is 1. The first-order valence-electron chi connectivity index (χ1n) is 7.39. The van der Waals surface area contributed by atoms with Crippen LogP contribution in [-0.4, -0.2) is 17.3 Å². The number of rotatable bonds is 4. The first-order valence-corrected chi connectivity index (χ1v) is 7.39. The van der Waals surface area contributed by atoms with Gasteiger partial charge in [0.25, 0.3) is 0 Å². The van der Waals surface area contributed by atoms with Crippen LogP contribution in [0.3, 0.4) is 0 Å². The summed E-state index contributed by atoms with van der Waals surface area (Å²) in [5.41, 5.74) is -0.000903. The van der Waals surface area contributed by atoms with E-state index in [2.05, 4.69) is 0 Å². The zero-order valence-corrected chi connectivity index (χ0v) is 12.6. The molecule has 2 aromatic rings. The molecule has 0 spiro atoms. The van der Waals surface area contributed by atoms with Gasteiger partial charge in [0.2, 0.25) is 6.54 Å². The monoisotopic (exact) mass is 324 g/mol. The van der Waals surface area contributed by atoms with Crippen LogP contribution in [0, 0.1) is 32.7 Å². The zero-order chi connectivity index (χ0) is 17.3. The van der Waals surface area contributed by atoms with Gasteiger partial charge in [-0.3, -0.25) is 14.9 Å². The Morgan fingerprint density at radius 3 is 2.50 bits per heavy atom. The lowest BCUT2D eigenvalue weighted by Crippen LogP contribution is -2.37. The summed E-state index contributed by atoms with van der Waals surface area (Å²) in [4.78, 5) is 23.5. The number of carbonyl (C=O) groups is 1. The van der Waals surface area contributed by atoms with E-state index in [1.54, 1.807) is 24.3 Å². The molecule has 0 bridgehead atoms. The third-order valence-corrected chi connectivity index (χ3v) is 4.53. The van der Waals surface area contributed by atoms with E-state index in [1.807, 2.05) is 6.07 Å². The van der Waals surface area contributed by atoms with Crippen LogP contribution in [0.15, 0.2) is 48.5 Å². The number of nitro groups is 1. The highest BCUT2D eigenvalue weighted by molar-refractivity contribution is 6.07. The third-order valence-electron chi connectivity index (χ3n) is 4.53. The average Bonchev–Trinajstić information content (AvgIpc) is 2.87. The molecule has 1 aliphatic rings. The van der Waals surface area contributed by atoms with Crippen molar-refractivity contribution in [3.63, 3.8) is 0 Å². The molecule has 1 aliphatic carbocycles. The van der Waals surface area contributed by atoms with E-state index in [9.17, 15) is 24.6 Å². The SMILES string of the molecule is N#C[C@]1([C@@H](C[N+](=O)[O-])c2ccc(F)cc2)Cc2ccccc2C1=O. The molecule has 0 saturated carbocycles. The molecule has 0 radical (unpaired) electrons. The lowest BCUT2D eigenvalue weighted by molar-refractivity contribution is -0.485. The minimum atomic E-state index is -1.55. The normalized spacial score (nSPS) is 20.2. The van der Waals surface area contributed by atoms with E-state index in [1.165, 1.54) is 24.3 Å². The van der Waals surface area contributed by atoms with E-state index >= 15 is 0 Å². The van der Waals surface area contributed by atoms with Gasteiger partial charge < -0.3 is 0 Å². The van der Waals surface area contributed by atoms with Crippen LogP contribution in [0.1, 0.15) is 27.4 Å². The molecule has 24 heavy (non-hydrogen) atoms. The van der Waals surface area contributed by atoms with Gasteiger partial charge in [-0.2, -0.15) is 5.26 Å². The minimum Gasteiger partial charge on any atom is -0.292 e. The Hall–Kier alpha value is -3.07. The molecular weight excluding hydrogens is 311 g/mol. The summed E-state index contributed by atoms with van der Waals surface area (Å²) < 4.78 is 13.2. The van der Waals surface area contributed by atoms with Crippen molar-refractivity contribution < 1.29 is 14.1 Å². The number of Topliss-reactive ketones (excluding diaryl/α,β-unsaturated/α-hetero) is 1. The van der Waals surface area contributed by atoms with Crippen molar-refractivity contribution in [3.05, 3.63) is 81.2 Å². The highest BCUT2D eigenvalue weighted by Crippen LogP contribution is 2.46. The summed E-state index contributed by atoms with van der Waals surface area (Å²) >= 11 is 0. The van der Waals surface area contributed by atoms with E-state index in [0.717, 1.165) is 0 Å². The average molecular weight is 324 g/mol. The molecular formula is C18H13FN2O3. The first kappa shape index (κ1) is 15.8. The molecule has 2 aromatic carbocycles. The van der Waals surface area contributed by atoms with Crippen LogP contribution < -0.4 is 0 Å². The molecule has 0 saturated heterocycles. The van der Waals surface area contributed by atoms with Crippen LogP contribution in [0.4, 0.5) is 4.39 Å². The van der Waals surface area contributed by atoms with Crippen LogP contribution in [0.5, 0.6) is 0 Å². The van der Waals surface area contributed by atoms with E-state index in [-0.39, 0.29) is 6.42 Å². The number of hydrogen-bond acceptors (Lipinski definition) is 4. The predicted molar refractivity (Wildman–Crippen MR) is 83.5 cm³/mol. The van der Waals surface area contributed by atoms with Gasteiger partial charge in [0, 0.05) is 16.9 Å². The summed E-state index contributed by atoms with van der Waals surface area (Å²) in [5, 5.41) is 20.9. The second kappa shape index (κ2) is 5.85. The lowest BCUT2D eigenvalue weighted by Gasteiger charge is -2.27. The van der Waals surface area contributed by atoms with Crippen molar-refractivity contribution in [3.8, 4) is 6.07 Å². The van der Waals surface area contributed by atoms with Crippen molar-refractivity contribution in [2.45, 2.75) is 12.3 Å². The van der Waals surface area contributed by atoms with Crippen molar-refractivity contribution in [1.82, 2.24) is 0 Å². The van der Waals surface area contributed by atoms with Gasteiger partial charge in [0.05, 0.1) is 12.0 Å². The van der Waals surface area contributed by atoms with Crippen molar-refractivity contribution in [2.75, 3.05) is 6.54 Å². The highest BCUT2D eigenvalue weighted by Gasteiger charge is 2.53. The molecule has 0 N–H and O–H groups in total. The molecule has 5 nitrogen and oxygen atoms in total. The molecule has 3 rings (SSSR count). The van der Waals surface area contributed by atoms with Crippen LogP contribution in [-0.2, 0) is 6.42 Å². The lowest BCUT2D eigenvalue weighted by atomic mass is 9.70. The Morgan fingerprint density at radius 1 is 1.25 bits per heavy atom. The summed E-state index contributed by atoms with van der Waals surface area (Å²) in [6.45, 7) is -0.571. The Kier molecular flexibility index (Phi) is 3.86. The Morgan fingerprint density at radius 2 is 1.92 bits per heavy atom. The topological polar surface area (TPSA) is 84.0 Å². The molecule has 0 unspecified atom stereocenters. The molecule has 2 atom stereocenters. The maximum atomic E-state index is 13.2.